The highest BCUT2D eigenvalue weighted by atomic mass is 32.2. The number of amides is 1. The average Bonchev–Trinajstić information content (AvgIpc) is 2.34. The van der Waals surface area contributed by atoms with Crippen LogP contribution >= 0.6 is 0 Å². The largest absolute Gasteiger partial charge is 0.346 e. The van der Waals surface area contributed by atoms with Gasteiger partial charge in [-0.25, -0.2) is 22.3 Å². The third kappa shape index (κ3) is 4.25. The van der Waals surface area contributed by atoms with E-state index in [1.807, 2.05) is 5.32 Å². The molecule has 0 radical (unpaired) electrons. The fourth-order valence-electron chi connectivity index (χ4n) is 1.52. The molecule has 3 N–H and O–H groups in total. The van der Waals surface area contributed by atoms with Crippen molar-refractivity contribution >= 4 is 15.9 Å². The third-order valence-corrected chi connectivity index (χ3v) is 3.43. The predicted molar refractivity (Wildman–Crippen MR) is 65.5 cm³/mol. The molecule has 1 rings (SSSR count). The van der Waals surface area contributed by atoms with Gasteiger partial charge in [0.25, 0.3) is 12.3 Å². The van der Waals surface area contributed by atoms with Gasteiger partial charge in [-0.3, -0.25) is 4.79 Å². The van der Waals surface area contributed by atoms with E-state index in [0.29, 0.717) is 12.0 Å². The fourth-order valence-corrected chi connectivity index (χ4v) is 2.39. The number of hydrogen-bond donors (Lipinski definition) is 2. The number of nitrogens with one attached hydrogen (secondary N) is 1. The average molecular weight is 292 g/mol. The number of sulfonamides is 1. The molecule has 106 valence electrons. The van der Waals surface area contributed by atoms with Gasteiger partial charge in [0.15, 0.2) is 0 Å². The van der Waals surface area contributed by atoms with E-state index in [9.17, 15) is 22.0 Å². The molecular weight excluding hydrogens is 278 g/mol. The van der Waals surface area contributed by atoms with Gasteiger partial charge in [0, 0.05) is 5.56 Å². The van der Waals surface area contributed by atoms with Crippen molar-refractivity contribution in [2.75, 3.05) is 6.54 Å². The highest BCUT2D eigenvalue weighted by molar-refractivity contribution is 7.89. The van der Waals surface area contributed by atoms with Crippen molar-refractivity contribution < 1.29 is 22.0 Å². The number of rotatable bonds is 5. The first-order valence-electron chi connectivity index (χ1n) is 5.47. The van der Waals surface area contributed by atoms with Crippen LogP contribution in [0.4, 0.5) is 8.78 Å². The van der Waals surface area contributed by atoms with Crippen molar-refractivity contribution in [2.24, 2.45) is 5.14 Å². The summed E-state index contributed by atoms with van der Waals surface area (Å²) < 4.78 is 46.7. The maximum Gasteiger partial charge on any atom is 0.255 e. The summed E-state index contributed by atoms with van der Waals surface area (Å²) >= 11 is 0. The Morgan fingerprint density at radius 3 is 2.53 bits per heavy atom. The molecule has 19 heavy (non-hydrogen) atoms. The number of carbonyl (C=O) groups excluding carboxylic acids is 1. The zero-order valence-electron chi connectivity index (χ0n) is 10.2. The SMILES string of the molecule is CCc1ccc(C(=O)NCC(F)F)cc1S(N)(=O)=O. The first-order valence-corrected chi connectivity index (χ1v) is 7.02. The molecule has 0 fully saturated rings. The lowest BCUT2D eigenvalue weighted by Crippen LogP contribution is -2.28. The van der Waals surface area contributed by atoms with Crippen molar-refractivity contribution in [2.45, 2.75) is 24.7 Å². The molecule has 0 saturated heterocycles. The Labute approximate surface area is 109 Å². The number of aryl methyl sites for hydroxylation is 1. The Kier molecular flexibility index (Phi) is 4.96. The molecule has 0 bridgehead atoms. The van der Waals surface area contributed by atoms with Gasteiger partial charge in [0.05, 0.1) is 11.4 Å². The molecular formula is C11H14F2N2O3S. The molecule has 0 aromatic heterocycles. The third-order valence-electron chi connectivity index (χ3n) is 2.43. The minimum absolute atomic E-state index is 0.0260. The molecule has 0 aliphatic heterocycles. The molecule has 8 heteroatoms. The number of primary sulfonamides is 1. The Morgan fingerprint density at radius 1 is 1.42 bits per heavy atom. The van der Waals surface area contributed by atoms with Crippen LogP contribution in [-0.2, 0) is 16.4 Å². The van der Waals surface area contributed by atoms with Crippen LogP contribution in [0, 0.1) is 0 Å². The van der Waals surface area contributed by atoms with Crippen molar-refractivity contribution in [3.05, 3.63) is 29.3 Å². The second-order valence-corrected chi connectivity index (χ2v) is 5.35. The van der Waals surface area contributed by atoms with E-state index in [1.165, 1.54) is 12.1 Å². The zero-order chi connectivity index (χ0) is 14.6. The Morgan fingerprint density at radius 2 is 2.05 bits per heavy atom. The van der Waals surface area contributed by atoms with Crippen molar-refractivity contribution in [1.82, 2.24) is 5.32 Å². The molecule has 0 saturated carbocycles. The van der Waals surface area contributed by atoms with Crippen molar-refractivity contribution in [1.29, 1.82) is 0 Å². The summed E-state index contributed by atoms with van der Waals surface area (Å²) in [7, 11) is -3.96. The van der Waals surface area contributed by atoms with Crippen LogP contribution in [0.15, 0.2) is 23.1 Å². The highest BCUT2D eigenvalue weighted by Crippen LogP contribution is 2.17. The smallest absolute Gasteiger partial charge is 0.255 e. The molecule has 0 aliphatic rings. The van der Waals surface area contributed by atoms with Crippen LogP contribution in [-0.4, -0.2) is 27.3 Å². The minimum atomic E-state index is -3.96. The summed E-state index contributed by atoms with van der Waals surface area (Å²) in [5.41, 5.74) is 0.440. The van der Waals surface area contributed by atoms with E-state index >= 15 is 0 Å². The first-order chi connectivity index (χ1) is 8.75. The van der Waals surface area contributed by atoms with E-state index in [4.69, 9.17) is 5.14 Å². The Balaban J connectivity index is 3.09. The van der Waals surface area contributed by atoms with Gasteiger partial charge in [-0.15, -0.1) is 0 Å². The predicted octanol–water partition coefficient (Wildman–Crippen LogP) is 0.891. The van der Waals surface area contributed by atoms with Crippen LogP contribution in [0.25, 0.3) is 0 Å². The van der Waals surface area contributed by atoms with Gasteiger partial charge in [0.2, 0.25) is 10.0 Å². The monoisotopic (exact) mass is 292 g/mol. The molecule has 0 unspecified atom stereocenters. The summed E-state index contributed by atoms with van der Waals surface area (Å²) in [6, 6.07) is 3.90. The lowest BCUT2D eigenvalue weighted by molar-refractivity contribution is 0.0891. The van der Waals surface area contributed by atoms with Crippen LogP contribution in [0.1, 0.15) is 22.8 Å². The van der Waals surface area contributed by atoms with Crippen LogP contribution in [0.5, 0.6) is 0 Å². The van der Waals surface area contributed by atoms with E-state index in [1.54, 1.807) is 6.92 Å². The molecule has 5 nitrogen and oxygen atoms in total. The summed E-state index contributed by atoms with van der Waals surface area (Å²) in [5, 5.41) is 7.03. The lowest BCUT2D eigenvalue weighted by Gasteiger charge is -2.09. The second kappa shape index (κ2) is 6.07. The van der Waals surface area contributed by atoms with Crippen LogP contribution in [0.2, 0.25) is 0 Å². The number of halogens is 2. The standard InChI is InChI=1S/C11H14F2N2O3S/c1-2-7-3-4-8(5-9(7)19(14,17)18)11(16)15-6-10(12)13/h3-5,10H,2,6H2,1H3,(H,15,16)(H2,14,17,18). The summed E-state index contributed by atoms with van der Waals surface area (Å²) in [6.07, 6.45) is -2.25. The van der Waals surface area contributed by atoms with E-state index in [-0.39, 0.29) is 10.5 Å². The van der Waals surface area contributed by atoms with Crippen LogP contribution in [0.3, 0.4) is 0 Å². The summed E-state index contributed by atoms with van der Waals surface area (Å²) in [4.78, 5) is 11.4. The second-order valence-electron chi connectivity index (χ2n) is 3.82. The minimum Gasteiger partial charge on any atom is -0.346 e. The Hall–Kier alpha value is -1.54. The number of nitrogens with two attached hydrogens (primary N) is 1. The van der Waals surface area contributed by atoms with Gasteiger partial charge in [-0.05, 0) is 24.1 Å². The highest BCUT2D eigenvalue weighted by Gasteiger charge is 2.16. The lowest BCUT2D eigenvalue weighted by atomic mass is 10.1. The van der Waals surface area contributed by atoms with E-state index in [2.05, 4.69) is 0 Å². The molecule has 0 spiro atoms. The number of carbonyl (C=O) groups is 1. The van der Waals surface area contributed by atoms with Crippen LogP contribution < -0.4 is 10.5 Å². The van der Waals surface area contributed by atoms with Gasteiger partial charge in [0.1, 0.15) is 0 Å². The number of hydrogen-bond acceptors (Lipinski definition) is 3. The van der Waals surface area contributed by atoms with Gasteiger partial charge in [-0.1, -0.05) is 13.0 Å². The summed E-state index contributed by atoms with van der Waals surface area (Å²) in [6.45, 7) is 0.944. The molecule has 1 amide bonds. The Bertz CT molecular complexity index is 573. The molecule has 0 heterocycles. The first kappa shape index (κ1) is 15.5. The molecule has 0 aliphatic carbocycles. The number of alkyl halides is 2. The molecule has 1 aromatic rings. The maximum absolute atomic E-state index is 12.0. The van der Waals surface area contributed by atoms with Gasteiger partial charge < -0.3 is 5.32 Å². The molecule has 1 aromatic carbocycles. The van der Waals surface area contributed by atoms with E-state index < -0.39 is 28.9 Å². The topological polar surface area (TPSA) is 89.3 Å². The fraction of sp³-hybridized carbons (Fsp3) is 0.364. The maximum atomic E-state index is 12.0. The number of benzene rings is 1. The van der Waals surface area contributed by atoms with Gasteiger partial charge in [-0.2, -0.15) is 0 Å². The quantitative estimate of drug-likeness (QED) is 0.844. The zero-order valence-corrected chi connectivity index (χ0v) is 11.0. The van der Waals surface area contributed by atoms with Gasteiger partial charge >= 0.3 is 0 Å². The molecule has 0 atom stereocenters. The van der Waals surface area contributed by atoms with E-state index in [0.717, 1.165) is 6.07 Å². The van der Waals surface area contributed by atoms with Crippen molar-refractivity contribution in [3.63, 3.8) is 0 Å². The van der Waals surface area contributed by atoms with Crippen molar-refractivity contribution in [3.8, 4) is 0 Å². The normalized spacial score (nSPS) is 11.6. The summed E-state index contributed by atoms with van der Waals surface area (Å²) in [5.74, 6) is -0.771.